The lowest BCUT2D eigenvalue weighted by Crippen LogP contribution is -2.11. The highest BCUT2D eigenvalue weighted by atomic mass is 35.5. The molecule has 0 aliphatic heterocycles. The number of ether oxygens (including phenoxy) is 1. The number of esters is 1. The number of anilines is 1. The average Bonchev–Trinajstić information content (AvgIpc) is 2.94. The molecule has 110 valence electrons. The second-order valence-electron chi connectivity index (χ2n) is 4.30. The van der Waals surface area contributed by atoms with Crippen LogP contribution >= 0.6 is 11.6 Å². The molecule has 6 nitrogen and oxygen atoms in total. The molecule has 1 heterocycles. The summed E-state index contributed by atoms with van der Waals surface area (Å²) >= 11 is 6.05. The van der Waals surface area contributed by atoms with E-state index in [1.54, 1.807) is 30.3 Å². The molecule has 0 aliphatic carbocycles. The van der Waals surface area contributed by atoms with Crippen molar-refractivity contribution in [2.45, 2.75) is 6.54 Å². The first-order valence-electron chi connectivity index (χ1n) is 6.10. The Bertz CT molecular complexity index is 682. The molecule has 0 radical (unpaired) electrons. The zero-order valence-corrected chi connectivity index (χ0v) is 12.0. The minimum Gasteiger partial charge on any atom is -0.464 e. The quantitative estimate of drug-likeness (QED) is 0.737. The monoisotopic (exact) mass is 307 g/mol. The van der Waals surface area contributed by atoms with E-state index >= 15 is 0 Å². The summed E-state index contributed by atoms with van der Waals surface area (Å²) in [4.78, 5) is 25.4. The van der Waals surface area contributed by atoms with Crippen LogP contribution in [0.15, 0.2) is 30.3 Å². The summed E-state index contributed by atoms with van der Waals surface area (Å²) in [7, 11) is 1.32. The summed E-state index contributed by atoms with van der Waals surface area (Å²) in [5.41, 5.74) is 7.32. The number of H-pyrrole nitrogens is 1. The number of carbonyl (C=O) groups is 2. The fourth-order valence-electron chi connectivity index (χ4n) is 1.78. The van der Waals surface area contributed by atoms with Gasteiger partial charge in [0.15, 0.2) is 0 Å². The van der Waals surface area contributed by atoms with Crippen LogP contribution in [0.2, 0.25) is 5.02 Å². The smallest absolute Gasteiger partial charge is 0.354 e. The van der Waals surface area contributed by atoms with Crippen LogP contribution in [0.25, 0.3) is 0 Å². The normalized spacial score (nSPS) is 10.2. The number of rotatable bonds is 5. The van der Waals surface area contributed by atoms with Crippen LogP contribution in [0, 0.1) is 0 Å². The van der Waals surface area contributed by atoms with E-state index in [0.717, 1.165) is 5.69 Å². The second kappa shape index (κ2) is 6.32. The fourth-order valence-corrected chi connectivity index (χ4v) is 1.96. The highest BCUT2D eigenvalue weighted by Gasteiger charge is 2.09. The first kappa shape index (κ1) is 14.9. The summed E-state index contributed by atoms with van der Waals surface area (Å²) in [6.45, 7) is 0.402. The van der Waals surface area contributed by atoms with Gasteiger partial charge in [0, 0.05) is 11.3 Å². The van der Waals surface area contributed by atoms with E-state index in [-0.39, 0.29) is 0 Å². The van der Waals surface area contributed by atoms with E-state index in [1.807, 2.05) is 0 Å². The third kappa shape index (κ3) is 3.55. The molecule has 2 rings (SSSR count). The van der Waals surface area contributed by atoms with E-state index in [2.05, 4.69) is 15.0 Å². The molecule has 0 atom stereocenters. The van der Waals surface area contributed by atoms with Crippen molar-refractivity contribution in [1.29, 1.82) is 0 Å². The second-order valence-corrected chi connectivity index (χ2v) is 4.71. The van der Waals surface area contributed by atoms with Gasteiger partial charge in [0.1, 0.15) is 5.69 Å². The van der Waals surface area contributed by atoms with Gasteiger partial charge in [-0.25, -0.2) is 4.79 Å². The van der Waals surface area contributed by atoms with Crippen molar-refractivity contribution in [2.24, 2.45) is 5.73 Å². The molecular formula is C14H14ClN3O3. The SMILES string of the molecule is COC(=O)c1ccc(CNc2cc(C(N)=O)ccc2Cl)[nH]1. The van der Waals surface area contributed by atoms with Gasteiger partial charge in [-0.2, -0.15) is 0 Å². The van der Waals surface area contributed by atoms with E-state index in [9.17, 15) is 9.59 Å². The molecule has 2 aromatic rings. The Morgan fingerprint density at radius 3 is 2.76 bits per heavy atom. The Kier molecular flexibility index (Phi) is 4.49. The van der Waals surface area contributed by atoms with E-state index in [1.165, 1.54) is 7.11 Å². The third-order valence-electron chi connectivity index (χ3n) is 2.87. The van der Waals surface area contributed by atoms with Gasteiger partial charge in [0.25, 0.3) is 0 Å². The van der Waals surface area contributed by atoms with Gasteiger partial charge in [0.2, 0.25) is 5.91 Å². The average molecular weight is 308 g/mol. The molecule has 0 unspecified atom stereocenters. The van der Waals surface area contributed by atoms with Crippen molar-refractivity contribution in [2.75, 3.05) is 12.4 Å². The maximum absolute atomic E-state index is 11.3. The van der Waals surface area contributed by atoms with Crippen LogP contribution < -0.4 is 11.1 Å². The molecule has 1 aromatic carbocycles. The van der Waals surface area contributed by atoms with Crippen molar-refractivity contribution in [3.8, 4) is 0 Å². The summed E-state index contributed by atoms with van der Waals surface area (Å²) < 4.78 is 4.61. The van der Waals surface area contributed by atoms with Crippen LogP contribution in [-0.2, 0) is 11.3 Å². The number of hydrogen-bond acceptors (Lipinski definition) is 4. The van der Waals surface area contributed by atoms with Gasteiger partial charge < -0.3 is 20.8 Å². The number of nitrogens with one attached hydrogen (secondary N) is 2. The van der Waals surface area contributed by atoms with Gasteiger partial charge in [-0.3, -0.25) is 4.79 Å². The number of amides is 1. The molecule has 0 bridgehead atoms. The Morgan fingerprint density at radius 1 is 1.33 bits per heavy atom. The number of hydrogen-bond donors (Lipinski definition) is 3. The van der Waals surface area contributed by atoms with Gasteiger partial charge in [-0.05, 0) is 30.3 Å². The van der Waals surface area contributed by atoms with E-state index in [0.29, 0.717) is 28.5 Å². The Labute approximate surface area is 126 Å². The minimum atomic E-state index is -0.525. The topological polar surface area (TPSA) is 97.2 Å². The fraction of sp³-hybridized carbons (Fsp3) is 0.143. The molecule has 1 aromatic heterocycles. The van der Waals surface area contributed by atoms with Crippen LogP contribution in [0.1, 0.15) is 26.5 Å². The van der Waals surface area contributed by atoms with Gasteiger partial charge in [0.05, 0.1) is 24.4 Å². The Morgan fingerprint density at radius 2 is 2.10 bits per heavy atom. The largest absolute Gasteiger partial charge is 0.464 e. The highest BCUT2D eigenvalue weighted by molar-refractivity contribution is 6.33. The molecule has 21 heavy (non-hydrogen) atoms. The van der Waals surface area contributed by atoms with Crippen molar-refractivity contribution >= 4 is 29.2 Å². The number of nitrogens with two attached hydrogens (primary N) is 1. The number of aromatic nitrogens is 1. The first-order valence-corrected chi connectivity index (χ1v) is 6.48. The van der Waals surface area contributed by atoms with E-state index in [4.69, 9.17) is 17.3 Å². The first-order chi connectivity index (χ1) is 10.0. The molecule has 0 saturated carbocycles. The summed E-state index contributed by atoms with van der Waals surface area (Å²) in [6, 6.07) is 8.11. The van der Waals surface area contributed by atoms with Crippen LogP contribution in [-0.4, -0.2) is 24.0 Å². The lowest BCUT2D eigenvalue weighted by atomic mass is 10.2. The molecular weight excluding hydrogens is 294 g/mol. The number of aromatic amines is 1. The molecule has 0 spiro atoms. The predicted octanol–water partition coefficient (Wildman–Crippen LogP) is 2.17. The minimum absolute atomic E-state index is 0.364. The van der Waals surface area contributed by atoms with Crippen LogP contribution in [0.5, 0.6) is 0 Å². The molecule has 0 fully saturated rings. The van der Waals surface area contributed by atoms with E-state index < -0.39 is 11.9 Å². The third-order valence-corrected chi connectivity index (χ3v) is 3.20. The van der Waals surface area contributed by atoms with Crippen LogP contribution in [0.3, 0.4) is 0 Å². The molecule has 1 amide bonds. The van der Waals surface area contributed by atoms with Crippen molar-refractivity contribution < 1.29 is 14.3 Å². The number of halogens is 1. The lowest BCUT2D eigenvalue weighted by Gasteiger charge is -2.08. The standard InChI is InChI=1S/C14H14ClN3O3/c1-21-14(20)11-5-3-9(18-11)7-17-12-6-8(13(16)19)2-4-10(12)15/h2-6,17-18H,7H2,1H3,(H2,16,19). The van der Waals surface area contributed by atoms with Crippen LogP contribution in [0.4, 0.5) is 5.69 Å². The van der Waals surface area contributed by atoms with Crippen molar-refractivity contribution in [3.05, 3.63) is 52.3 Å². The van der Waals surface area contributed by atoms with Crippen molar-refractivity contribution in [3.63, 3.8) is 0 Å². The maximum atomic E-state index is 11.3. The van der Waals surface area contributed by atoms with Gasteiger partial charge >= 0.3 is 5.97 Å². The Balaban J connectivity index is 2.09. The van der Waals surface area contributed by atoms with Gasteiger partial charge in [-0.1, -0.05) is 11.6 Å². The Hall–Kier alpha value is -2.47. The molecule has 4 N–H and O–H groups in total. The number of methoxy groups -OCH3 is 1. The highest BCUT2D eigenvalue weighted by Crippen LogP contribution is 2.23. The lowest BCUT2D eigenvalue weighted by molar-refractivity contribution is 0.0594. The predicted molar refractivity (Wildman–Crippen MR) is 79.4 cm³/mol. The van der Waals surface area contributed by atoms with Crippen molar-refractivity contribution in [1.82, 2.24) is 4.98 Å². The van der Waals surface area contributed by atoms with Gasteiger partial charge in [-0.15, -0.1) is 0 Å². The maximum Gasteiger partial charge on any atom is 0.354 e. The summed E-state index contributed by atoms with van der Waals surface area (Å²) in [5.74, 6) is -0.961. The molecule has 0 aliphatic rings. The summed E-state index contributed by atoms with van der Waals surface area (Å²) in [5, 5.41) is 3.54. The number of benzene rings is 1. The molecule has 0 saturated heterocycles. The molecule has 7 heteroatoms. The zero-order valence-electron chi connectivity index (χ0n) is 11.3. The number of primary amides is 1. The number of carbonyl (C=O) groups excluding carboxylic acids is 2. The zero-order chi connectivity index (χ0) is 15.4. The summed E-state index contributed by atoms with van der Waals surface area (Å²) in [6.07, 6.45) is 0.